The maximum Gasteiger partial charge on any atom is 0.290 e. The van der Waals surface area contributed by atoms with Crippen LogP contribution in [0.3, 0.4) is 0 Å². The monoisotopic (exact) mass is 602 g/mol. The van der Waals surface area contributed by atoms with Crippen molar-refractivity contribution in [2.45, 2.75) is 19.4 Å². The van der Waals surface area contributed by atoms with Gasteiger partial charge in [0, 0.05) is 44.2 Å². The second-order valence-corrected chi connectivity index (χ2v) is 12.6. The van der Waals surface area contributed by atoms with E-state index in [2.05, 4.69) is 0 Å². The molecular formula is C25H32ClFN4O6S2. The lowest BCUT2D eigenvalue weighted by atomic mass is 10.1. The maximum absolute atomic E-state index is 15.0. The quantitative estimate of drug-likeness (QED) is 0.438. The molecule has 1 saturated heterocycles. The number of allylic oxidation sites excluding steroid dienone is 1. The molecule has 2 aromatic rings. The number of benzene rings is 1. The smallest absolute Gasteiger partial charge is 0.290 e. The van der Waals surface area contributed by atoms with Crippen molar-refractivity contribution in [3.05, 3.63) is 56.3 Å². The van der Waals surface area contributed by atoms with Gasteiger partial charge in [-0.1, -0.05) is 11.6 Å². The highest BCUT2D eigenvalue weighted by molar-refractivity contribution is 7.92. The minimum absolute atomic E-state index is 0.0164. The van der Waals surface area contributed by atoms with Crippen molar-refractivity contribution in [2.75, 3.05) is 52.7 Å². The van der Waals surface area contributed by atoms with E-state index in [0.29, 0.717) is 21.3 Å². The molecule has 1 atom stereocenters. The van der Waals surface area contributed by atoms with Crippen LogP contribution in [-0.2, 0) is 19.6 Å². The van der Waals surface area contributed by atoms with Gasteiger partial charge in [0.1, 0.15) is 11.9 Å². The number of nitrogens with zero attached hydrogens (tertiary/aromatic N) is 4. The summed E-state index contributed by atoms with van der Waals surface area (Å²) in [5.41, 5.74) is 0.688. The summed E-state index contributed by atoms with van der Waals surface area (Å²) in [6.07, 6.45) is 0.209. The lowest BCUT2D eigenvalue weighted by molar-refractivity contribution is -0.123. The van der Waals surface area contributed by atoms with Gasteiger partial charge in [-0.3, -0.25) is 14.4 Å². The third kappa shape index (κ3) is 8.32. The van der Waals surface area contributed by atoms with Gasteiger partial charge in [0.25, 0.3) is 12.4 Å². The molecule has 1 N–H and O–H groups in total. The van der Waals surface area contributed by atoms with Crippen LogP contribution in [0.25, 0.3) is 5.57 Å². The highest BCUT2D eigenvalue weighted by Gasteiger charge is 2.42. The number of hydrogen-bond acceptors (Lipinski definition) is 7. The fraction of sp³-hybridized carbons (Fsp3) is 0.400. The fourth-order valence-electron chi connectivity index (χ4n) is 3.92. The molecule has 1 fully saturated rings. The predicted octanol–water partition coefficient (Wildman–Crippen LogP) is 3.30. The summed E-state index contributed by atoms with van der Waals surface area (Å²) in [6, 6.07) is 6.40. The van der Waals surface area contributed by atoms with Gasteiger partial charge >= 0.3 is 0 Å². The first-order chi connectivity index (χ1) is 18.2. The van der Waals surface area contributed by atoms with Gasteiger partial charge in [0.05, 0.1) is 15.4 Å². The zero-order valence-corrected chi connectivity index (χ0v) is 24.7. The summed E-state index contributed by atoms with van der Waals surface area (Å²) in [4.78, 5) is 39.0. The van der Waals surface area contributed by atoms with Gasteiger partial charge in [0.2, 0.25) is 15.9 Å². The minimum Gasteiger partial charge on any atom is -0.483 e. The number of amides is 2. The number of hydrogen-bond donors (Lipinski definition) is 1. The first kappa shape index (κ1) is 32.4. The summed E-state index contributed by atoms with van der Waals surface area (Å²) >= 11 is 7.26. The number of carbonyl (C=O) groups is 3. The Labute approximate surface area is 236 Å². The van der Waals surface area contributed by atoms with Crippen LogP contribution in [0.15, 0.2) is 35.7 Å². The van der Waals surface area contributed by atoms with E-state index in [0.717, 1.165) is 11.5 Å². The Balaban J connectivity index is 0.00000170. The Morgan fingerprint density at radius 1 is 1.21 bits per heavy atom. The van der Waals surface area contributed by atoms with E-state index in [1.54, 1.807) is 33.2 Å². The predicted molar refractivity (Wildman–Crippen MR) is 151 cm³/mol. The fourth-order valence-corrected chi connectivity index (χ4v) is 6.61. The molecule has 1 aliphatic heterocycles. The van der Waals surface area contributed by atoms with Crippen LogP contribution in [0, 0.1) is 5.82 Å². The highest BCUT2D eigenvalue weighted by atomic mass is 35.5. The molecule has 1 aromatic heterocycles. The van der Waals surface area contributed by atoms with Crippen molar-refractivity contribution < 1.29 is 32.3 Å². The molecule has 0 saturated carbocycles. The standard InChI is InChI=1S/C24H30ClFN4O4S2.CH2O2/c1-16(21-8-9-22(25)35-21)15-36(33,34)30(13-12-27(2)3)20-10-11-29(24(20)32)19-7-6-17(14-18(19)26)23(31)28(4)5;2-1-3/h6-9,14-15,20H,10-13H2,1-5H3;1H,(H,2,3)/t20-;/m0./s1. The van der Waals surface area contributed by atoms with Crippen LogP contribution in [0.2, 0.25) is 4.34 Å². The third-order valence-corrected chi connectivity index (χ3v) is 8.91. The minimum atomic E-state index is -4.00. The van der Waals surface area contributed by atoms with E-state index in [-0.39, 0.29) is 43.1 Å². The largest absolute Gasteiger partial charge is 0.483 e. The Bertz CT molecular complexity index is 1330. The number of carboxylic acid groups (broad SMARTS) is 1. The topological polar surface area (TPSA) is 119 Å². The number of anilines is 1. The third-order valence-electron chi connectivity index (χ3n) is 5.80. The highest BCUT2D eigenvalue weighted by Crippen LogP contribution is 2.31. The summed E-state index contributed by atoms with van der Waals surface area (Å²) < 4.78 is 43.6. The average Bonchev–Trinajstić information content (AvgIpc) is 3.44. The summed E-state index contributed by atoms with van der Waals surface area (Å²) in [5.74, 6) is -1.58. The molecule has 1 aliphatic rings. The van der Waals surface area contributed by atoms with Gasteiger partial charge in [-0.15, -0.1) is 11.3 Å². The van der Waals surface area contributed by atoms with Crippen molar-refractivity contribution >= 4 is 62.5 Å². The van der Waals surface area contributed by atoms with E-state index in [1.165, 1.54) is 37.6 Å². The van der Waals surface area contributed by atoms with E-state index in [9.17, 15) is 22.4 Å². The molecule has 0 aliphatic carbocycles. The molecule has 0 radical (unpaired) electrons. The molecule has 0 spiro atoms. The molecule has 3 rings (SSSR count). The Morgan fingerprint density at radius 3 is 2.36 bits per heavy atom. The van der Waals surface area contributed by atoms with Crippen molar-refractivity contribution in [1.82, 2.24) is 14.1 Å². The van der Waals surface area contributed by atoms with Crippen LogP contribution in [-0.4, -0.2) is 99.8 Å². The second-order valence-electron chi connectivity index (χ2n) is 9.13. The average molecular weight is 603 g/mol. The van der Waals surface area contributed by atoms with Crippen molar-refractivity contribution in [2.24, 2.45) is 0 Å². The Kier molecular flexibility index (Phi) is 11.6. The number of thiophene rings is 1. The van der Waals surface area contributed by atoms with Gasteiger partial charge in [-0.05, 0) is 63.3 Å². The molecule has 214 valence electrons. The molecule has 0 bridgehead atoms. The normalized spacial score (nSPS) is 15.9. The lowest BCUT2D eigenvalue weighted by Gasteiger charge is -2.27. The van der Waals surface area contributed by atoms with Gasteiger partial charge in [-0.2, -0.15) is 4.31 Å². The molecule has 2 amide bonds. The SMILES string of the molecule is CC(=CS(=O)(=O)N(CCN(C)C)[C@H]1CCN(c2ccc(C(=O)N(C)C)cc2F)C1=O)c1ccc(Cl)s1.O=CO. The Morgan fingerprint density at radius 2 is 1.85 bits per heavy atom. The van der Waals surface area contributed by atoms with Crippen LogP contribution in [0.5, 0.6) is 0 Å². The van der Waals surface area contributed by atoms with Crippen LogP contribution in [0.1, 0.15) is 28.6 Å². The molecule has 10 nitrogen and oxygen atoms in total. The van der Waals surface area contributed by atoms with Crippen molar-refractivity contribution in [1.29, 1.82) is 0 Å². The molecule has 2 heterocycles. The lowest BCUT2D eigenvalue weighted by Crippen LogP contribution is -2.47. The van der Waals surface area contributed by atoms with E-state index in [1.807, 2.05) is 19.0 Å². The van der Waals surface area contributed by atoms with Crippen molar-refractivity contribution in [3.63, 3.8) is 0 Å². The molecule has 14 heteroatoms. The summed E-state index contributed by atoms with van der Waals surface area (Å²) in [6.45, 7) is 2.07. The summed E-state index contributed by atoms with van der Waals surface area (Å²) in [5, 5.41) is 8.04. The van der Waals surface area contributed by atoms with E-state index < -0.39 is 27.8 Å². The van der Waals surface area contributed by atoms with Gasteiger partial charge in [0.15, 0.2) is 0 Å². The zero-order chi connectivity index (χ0) is 29.5. The molecular weight excluding hydrogens is 571 g/mol. The molecule has 1 aromatic carbocycles. The first-order valence-electron chi connectivity index (χ1n) is 11.7. The number of halogens is 2. The Hall–Kier alpha value is -2.84. The number of sulfonamides is 1. The summed E-state index contributed by atoms with van der Waals surface area (Å²) in [7, 11) is 2.76. The van der Waals surface area contributed by atoms with E-state index in [4.69, 9.17) is 21.5 Å². The van der Waals surface area contributed by atoms with Crippen LogP contribution < -0.4 is 4.90 Å². The first-order valence-corrected chi connectivity index (χ1v) is 14.4. The number of likely N-dealkylation sites (N-methyl/N-ethyl adjacent to an activating group) is 1. The molecule has 0 unspecified atom stereocenters. The van der Waals surface area contributed by atoms with Crippen LogP contribution >= 0.6 is 22.9 Å². The second kappa shape index (κ2) is 14.0. The van der Waals surface area contributed by atoms with Crippen molar-refractivity contribution in [3.8, 4) is 0 Å². The van der Waals surface area contributed by atoms with Crippen LogP contribution in [0.4, 0.5) is 10.1 Å². The number of carbonyl (C=O) groups excluding carboxylic acids is 2. The van der Waals surface area contributed by atoms with Gasteiger partial charge in [-0.25, -0.2) is 12.8 Å². The van der Waals surface area contributed by atoms with E-state index >= 15 is 0 Å². The maximum atomic E-state index is 15.0. The molecule has 39 heavy (non-hydrogen) atoms. The number of rotatable bonds is 9. The van der Waals surface area contributed by atoms with Gasteiger partial charge < -0.3 is 19.8 Å². The zero-order valence-electron chi connectivity index (χ0n) is 22.3.